The van der Waals surface area contributed by atoms with Crippen LogP contribution in [0.3, 0.4) is 0 Å². The van der Waals surface area contributed by atoms with Gasteiger partial charge < -0.3 is 15.4 Å². The number of ether oxygens (including phenoxy) is 1. The van der Waals surface area contributed by atoms with Crippen molar-refractivity contribution in [2.75, 3.05) is 36.9 Å². The van der Waals surface area contributed by atoms with E-state index in [0.29, 0.717) is 11.4 Å². The zero-order chi connectivity index (χ0) is 13.9. The molecule has 7 heteroatoms. The number of nitrogens with zero attached hydrogens (tertiary/aromatic N) is 1. The SMILES string of the molecule is Nc1ccc(OCC(=O)N2CCS(=O)(=O)CC2)cc1. The van der Waals surface area contributed by atoms with E-state index in [4.69, 9.17) is 10.5 Å². The van der Waals surface area contributed by atoms with Gasteiger partial charge >= 0.3 is 0 Å². The molecule has 1 amide bonds. The Balaban J connectivity index is 1.83. The zero-order valence-electron chi connectivity index (χ0n) is 10.4. The monoisotopic (exact) mass is 284 g/mol. The van der Waals surface area contributed by atoms with Crippen LogP contribution in [0, 0.1) is 0 Å². The lowest BCUT2D eigenvalue weighted by Crippen LogP contribution is -2.45. The molecule has 1 heterocycles. The van der Waals surface area contributed by atoms with Crippen LogP contribution >= 0.6 is 0 Å². The Hall–Kier alpha value is -1.76. The third-order valence-corrected chi connectivity index (χ3v) is 4.55. The minimum absolute atomic E-state index is 0.0284. The Kier molecular flexibility index (Phi) is 3.94. The number of benzene rings is 1. The van der Waals surface area contributed by atoms with Gasteiger partial charge in [0.05, 0.1) is 11.5 Å². The van der Waals surface area contributed by atoms with Crippen molar-refractivity contribution in [2.24, 2.45) is 0 Å². The predicted molar refractivity (Wildman–Crippen MR) is 71.6 cm³/mol. The zero-order valence-corrected chi connectivity index (χ0v) is 11.2. The summed E-state index contributed by atoms with van der Waals surface area (Å²) in [7, 11) is -2.97. The van der Waals surface area contributed by atoms with E-state index in [9.17, 15) is 13.2 Å². The quantitative estimate of drug-likeness (QED) is 0.783. The van der Waals surface area contributed by atoms with Gasteiger partial charge in [-0.25, -0.2) is 8.42 Å². The summed E-state index contributed by atoms with van der Waals surface area (Å²) in [5.41, 5.74) is 6.16. The molecule has 1 aromatic carbocycles. The molecule has 0 saturated carbocycles. The molecule has 1 fully saturated rings. The molecule has 1 aromatic rings. The van der Waals surface area contributed by atoms with Gasteiger partial charge in [0.2, 0.25) is 0 Å². The Morgan fingerprint density at radius 1 is 1.21 bits per heavy atom. The van der Waals surface area contributed by atoms with Crippen molar-refractivity contribution in [3.05, 3.63) is 24.3 Å². The van der Waals surface area contributed by atoms with E-state index in [1.807, 2.05) is 0 Å². The molecule has 1 aliphatic rings. The first-order chi connectivity index (χ1) is 8.96. The van der Waals surface area contributed by atoms with E-state index in [1.165, 1.54) is 4.90 Å². The fourth-order valence-corrected chi connectivity index (χ4v) is 2.96. The number of carbonyl (C=O) groups is 1. The van der Waals surface area contributed by atoms with E-state index in [1.54, 1.807) is 24.3 Å². The normalized spacial score (nSPS) is 18.0. The maximum Gasteiger partial charge on any atom is 0.260 e. The molecule has 0 aromatic heterocycles. The van der Waals surface area contributed by atoms with Crippen molar-refractivity contribution in [1.29, 1.82) is 0 Å². The highest BCUT2D eigenvalue weighted by Gasteiger charge is 2.24. The van der Waals surface area contributed by atoms with Gasteiger partial charge in [-0.2, -0.15) is 0 Å². The second-order valence-corrected chi connectivity index (χ2v) is 6.69. The standard InChI is InChI=1S/C12H16N2O4S/c13-10-1-3-11(4-2-10)18-9-12(15)14-5-7-19(16,17)8-6-14/h1-4H,5-9,13H2. The molecule has 0 atom stereocenters. The van der Waals surface area contributed by atoms with E-state index < -0.39 is 9.84 Å². The maximum atomic E-state index is 11.8. The number of hydrogen-bond donors (Lipinski definition) is 1. The number of amides is 1. The van der Waals surface area contributed by atoms with Crippen molar-refractivity contribution in [1.82, 2.24) is 4.90 Å². The lowest BCUT2D eigenvalue weighted by Gasteiger charge is -2.26. The fourth-order valence-electron chi connectivity index (χ4n) is 1.76. The average molecular weight is 284 g/mol. The Labute approximate surface area is 112 Å². The second kappa shape index (κ2) is 5.48. The van der Waals surface area contributed by atoms with Crippen LogP contribution in [0.1, 0.15) is 0 Å². The molecule has 104 valence electrons. The van der Waals surface area contributed by atoms with Gasteiger partial charge in [0.15, 0.2) is 16.4 Å². The summed E-state index contributed by atoms with van der Waals surface area (Å²) in [4.78, 5) is 13.3. The minimum atomic E-state index is -2.97. The molecule has 2 N–H and O–H groups in total. The highest BCUT2D eigenvalue weighted by Crippen LogP contribution is 2.13. The molecule has 1 saturated heterocycles. The van der Waals surface area contributed by atoms with Crippen molar-refractivity contribution in [2.45, 2.75) is 0 Å². The van der Waals surface area contributed by atoms with Gasteiger partial charge in [0.1, 0.15) is 5.75 Å². The second-order valence-electron chi connectivity index (χ2n) is 4.39. The largest absolute Gasteiger partial charge is 0.484 e. The van der Waals surface area contributed by atoms with Crippen LogP contribution in [0.2, 0.25) is 0 Å². The highest BCUT2D eigenvalue weighted by atomic mass is 32.2. The molecular formula is C12H16N2O4S. The topological polar surface area (TPSA) is 89.7 Å². The van der Waals surface area contributed by atoms with Gasteiger partial charge in [-0.15, -0.1) is 0 Å². The molecule has 1 aliphatic heterocycles. The van der Waals surface area contributed by atoms with E-state index in [2.05, 4.69) is 0 Å². The maximum absolute atomic E-state index is 11.8. The summed E-state index contributed by atoms with van der Waals surface area (Å²) in [6.45, 7) is 0.391. The highest BCUT2D eigenvalue weighted by molar-refractivity contribution is 7.91. The summed E-state index contributed by atoms with van der Waals surface area (Å²) < 4.78 is 27.8. The number of nitrogen functional groups attached to an aromatic ring is 1. The molecule has 0 radical (unpaired) electrons. The summed E-state index contributed by atoms with van der Waals surface area (Å²) >= 11 is 0. The van der Waals surface area contributed by atoms with E-state index >= 15 is 0 Å². The predicted octanol–water partition coefficient (Wildman–Crippen LogP) is -0.0954. The van der Waals surface area contributed by atoms with Gasteiger partial charge in [0, 0.05) is 18.8 Å². The Morgan fingerprint density at radius 3 is 2.37 bits per heavy atom. The third-order valence-electron chi connectivity index (χ3n) is 2.94. The van der Waals surface area contributed by atoms with Crippen LogP contribution in [-0.2, 0) is 14.6 Å². The molecule has 19 heavy (non-hydrogen) atoms. The van der Waals surface area contributed by atoms with Gasteiger partial charge in [-0.3, -0.25) is 4.79 Å². The van der Waals surface area contributed by atoms with Crippen molar-refractivity contribution in [3.8, 4) is 5.75 Å². The van der Waals surface area contributed by atoms with Crippen molar-refractivity contribution in [3.63, 3.8) is 0 Å². The number of sulfone groups is 1. The van der Waals surface area contributed by atoms with Crippen LogP contribution < -0.4 is 10.5 Å². The lowest BCUT2D eigenvalue weighted by atomic mass is 10.3. The third kappa shape index (κ3) is 3.85. The molecule has 0 aliphatic carbocycles. The molecule has 6 nitrogen and oxygen atoms in total. The Bertz CT molecular complexity index is 540. The molecule has 0 spiro atoms. The fraction of sp³-hybridized carbons (Fsp3) is 0.417. The number of anilines is 1. The minimum Gasteiger partial charge on any atom is -0.484 e. The lowest BCUT2D eigenvalue weighted by molar-refractivity contribution is -0.133. The van der Waals surface area contributed by atoms with Crippen molar-refractivity contribution >= 4 is 21.4 Å². The first kappa shape index (κ1) is 13.7. The van der Waals surface area contributed by atoms with Crippen LogP contribution in [-0.4, -0.2) is 50.4 Å². The van der Waals surface area contributed by atoms with Crippen LogP contribution in [0.25, 0.3) is 0 Å². The number of nitrogens with two attached hydrogens (primary N) is 1. The van der Waals surface area contributed by atoms with Crippen LogP contribution in [0.5, 0.6) is 5.75 Å². The van der Waals surface area contributed by atoms with Gasteiger partial charge in [-0.1, -0.05) is 0 Å². The average Bonchev–Trinajstić information content (AvgIpc) is 2.37. The van der Waals surface area contributed by atoms with E-state index in [-0.39, 0.29) is 37.1 Å². The molecule has 2 rings (SSSR count). The first-order valence-electron chi connectivity index (χ1n) is 5.93. The van der Waals surface area contributed by atoms with E-state index in [0.717, 1.165) is 0 Å². The Morgan fingerprint density at radius 2 is 1.79 bits per heavy atom. The molecule has 0 bridgehead atoms. The summed E-state index contributed by atoms with van der Waals surface area (Å²) in [5.74, 6) is 0.417. The smallest absolute Gasteiger partial charge is 0.260 e. The number of hydrogen-bond acceptors (Lipinski definition) is 5. The van der Waals surface area contributed by atoms with Crippen LogP contribution in [0.15, 0.2) is 24.3 Å². The summed E-state index contributed by atoms with van der Waals surface area (Å²) in [6, 6.07) is 6.74. The summed E-state index contributed by atoms with van der Waals surface area (Å²) in [6.07, 6.45) is 0. The number of carbonyl (C=O) groups excluding carboxylic acids is 1. The molecular weight excluding hydrogens is 268 g/mol. The number of rotatable bonds is 3. The van der Waals surface area contributed by atoms with Crippen LogP contribution in [0.4, 0.5) is 5.69 Å². The summed E-state index contributed by atoms with van der Waals surface area (Å²) in [5, 5.41) is 0. The first-order valence-corrected chi connectivity index (χ1v) is 7.75. The van der Waals surface area contributed by atoms with Gasteiger partial charge in [0.25, 0.3) is 5.91 Å². The molecule has 0 unspecified atom stereocenters. The van der Waals surface area contributed by atoms with Gasteiger partial charge in [-0.05, 0) is 24.3 Å². The van der Waals surface area contributed by atoms with Crippen molar-refractivity contribution < 1.29 is 17.9 Å².